The molecule has 2 aromatic rings. The van der Waals surface area contributed by atoms with Gasteiger partial charge in [0.2, 0.25) is 0 Å². The summed E-state index contributed by atoms with van der Waals surface area (Å²) in [5.41, 5.74) is 2.42. The first-order valence-electron chi connectivity index (χ1n) is 11.9. The van der Waals surface area contributed by atoms with Gasteiger partial charge in [-0.25, -0.2) is 5.01 Å². The molecule has 1 saturated heterocycles. The number of hydrogen-bond acceptors (Lipinski definition) is 7. The number of carbonyl (C=O) groups is 1. The molecule has 0 atom stereocenters. The molecule has 0 N–H and O–H groups in total. The Kier molecular flexibility index (Phi) is 8.71. The van der Waals surface area contributed by atoms with Crippen LogP contribution in [-0.4, -0.2) is 79.5 Å². The SMILES string of the molecule is CCOc1cc(C2=NN(C(=O)c3ccc(OCCN4CCSCC4)cc3)CCC2)ccc1OC. The summed E-state index contributed by atoms with van der Waals surface area (Å²) in [5, 5.41) is 6.24. The number of hydrazone groups is 1. The Hall–Kier alpha value is -2.71. The summed E-state index contributed by atoms with van der Waals surface area (Å²) in [6.45, 7) is 6.94. The number of benzene rings is 2. The molecule has 2 aromatic carbocycles. The summed E-state index contributed by atoms with van der Waals surface area (Å²) in [5.74, 6) is 4.45. The standard InChI is InChI=1S/C26H33N3O4S/c1-3-32-25-19-21(8-11-24(25)31-2)23-5-4-12-29(27-23)26(30)20-6-9-22(10-7-20)33-16-13-28-14-17-34-18-15-28/h6-11,19H,3-5,12-18H2,1-2H3. The highest BCUT2D eigenvalue weighted by Crippen LogP contribution is 2.29. The third kappa shape index (κ3) is 6.24. The maximum absolute atomic E-state index is 13.1. The van der Waals surface area contributed by atoms with E-state index in [1.165, 1.54) is 11.5 Å². The monoisotopic (exact) mass is 483 g/mol. The van der Waals surface area contributed by atoms with Crippen molar-refractivity contribution in [3.63, 3.8) is 0 Å². The van der Waals surface area contributed by atoms with Gasteiger partial charge in [-0.1, -0.05) is 0 Å². The van der Waals surface area contributed by atoms with Crippen molar-refractivity contribution in [2.24, 2.45) is 5.10 Å². The second-order valence-electron chi connectivity index (χ2n) is 8.20. The lowest BCUT2D eigenvalue weighted by atomic mass is 10.0. The van der Waals surface area contributed by atoms with Gasteiger partial charge in [0.05, 0.1) is 19.4 Å². The molecule has 0 bridgehead atoms. The lowest BCUT2D eigenvalue weighted by Crippen LogP contribution is -2.35. The van der Waals surface area contributed by atoms with Crippen LogP contribution < -0.4 is 14.2 Å². The fourth-order valence-electron chi connectivity index (χ4n) is 4.08. The van der Waals surface area contributed by atoms with Crippen molar-refractivity contribution in [3.05, 3.63) is 53.6 Å². The smallest absolute Gasteiger partial charge is 0.273 e. The zero-order valence-electron chi connectivity index (χ0n) is 20.0. The molecule has 0 aromatic heterocycles. The van der Waals surface area contributed by atoms with Gasteiger partial charge in [-0.2, -0.15) is 16.9 Å². The maximum atomic E-state index is 13.1. The molecule has 2 aliphatic rings. The van der Waals surface area contributed by atoms with Crippen molar-refractivity contribution in [1.29, 1.82) is 0 Å². The van der Waals surface area contributed by atoms with E-state index >= 15 is 0 Å². The van der Waals surface area contributed by atoms with Gasteiger partial charge in [0.25, 0.3) is 5.91 Å². The Morgan fingerprint density at radius 2 is 1.82 bits per heavy atom. The summed E-state index contributed by atoms with van der Waals surface area (Å²) in [7, 11) is 1.63. The number of nitrogens with zero attached hydrogens (tertiary/aromatic N) is 3. The van der Waals surface area contributed by atoms with Crippen molar-refractivity contribution in [1.82, 2.24) is 9.91 Å². The third-order valence-electron chi connectivity index (χ3n) is 5.94. The minimum absolute atomic E-state index is 0.104. The number of ether oxygens (including phenoxy) is 3. The fraction of sp³-hybridized carbons (Fsp3) is 0.462. The number of thioether (sulfide) groups is 1. The molecular weight excluding hydrogens is 450 g/mol. The Balaban J connectivity index is 1.38. The number of methoxy groups -OCH3 is 1. The lowest BCUT2D eigenvalue weighted by molar-refractivity contribution is 0.0751. The number of rotatable bonds is 9. The summed E-state index contributed by atoms with van der Waals surface area (Å²) in [4.78, 5) is 15.5. The Morgan fingerprint density at radius 1 is 1.03 bits per heavy atom. The van der Waals surface area contributed by atoms with Gasteiger partial charge < -0.3 is 14.2 Å². The Labute approximate surface area is 206 Å². The van der Waals surface area contributed by atoms with Crippen LogP contribution in [0.4, 0.5) is 0 Å². The molecule has 7 nitrogen and oxygen atoms in total. The molecule has 2 heterocycles. The molecule has 0 aliphatic carbocycles. The van der Waals surface area contributed by atoms with Gasteiger partial charge in [0.15, 0.2) is 11.5 Å². The van der Waals surface area contributed by atoms with E-state index in [2.05, 4.69) is 10.0 Å². The molecule has 2 aliphatic heterocycles. The zero-order chi connectivity index (χ0) is 23.8. The molecule has 1 amide bonds. The fourth-order valence-corrected chi connectivity index (χ4v) is 5.05. The van der Waals surface area contributed by atoms with E-state index in [9.17, 15) is 4.79 Å². The highest BCUT2D eigenvalue weighted by atomic mass is 32.2. The van der Waals surface area contributed by atoms with E-state index in [1.807, 2.05) is 61.2 Å². The van der Waals surface area contributed by atoms with Gasteiger partial charge in [-0.05, 0) is 62.2 Å². The predicted molar refractivity (Wildman–Crippen MR) is 137 cm³/mol. The average Bonchev–Trinajstić information content (AvgIpc) is 2.89. The second kappa shape index (κ2) is 12.1. The van der Waals surface area contributed by atoms with Crippen LogP contribution in [-0.2, 0) is 0 Å². The van der Waals surface area contributed by atoms with Gasteiger partial charge >= 0.3 is 0 Å². The summed E-state index contributed by atoms with van der Waals surface area (Å²) >= 11 is 2.01. The maximum Gasteiger partial charge on any atom is 0.273 e. The first kappa shape index (κ1) is 24.4. The highest BCUT2D eigenvalue weighted by Gasteiger charge is 2.21. The molecule has 8 heteroatoms. The van der Waals surface area contributed by atoms with Gasteiger partial charge in [-0.3, -0.25) is 9.69 Å². The van der Waals surface area contributed by atoms with E-state index in [1.54, 1.807) is 12.1 Å². The second-order valence-corrected chi connectivity index (χ2v) is 9.43. The topological polar surface area (TPSA) is 63.6 Å². The van der Waals surface area contributed by atoms with E-state index in [0.29, 0.717) is 36.8 Å². The molecule has 4 rings (SSSR count). The van der Waals surface area contributed by atoms with Crippen LogP contribution in [0.15, 0.2) is 47.6 Å². The number of amides is 1. The quantitative estimate of drug-likeness (QED) is 0.534. The molecule has 34 heavy (non-hydrogen) atoms. The number of hydrogen-bond donors (Lipinski definition) is 0. The molecule has 0 saturated carbocycles. The van der Waals surface area contributed by atoms with Crippen molar-refractivity contribution in [3.8, 4) is 17.2 Å². The lowest BCUT2D eigenvalue weighted by Gasteiger charge is -2.26. The van der Waals surface area contributed by atoms with E-state index in [0.717, 1.165) is 49.5 Å². The number of carbonyl (C=O) groups excluding carboxylic acids is 1. The van der Waals surface area contributed by atoms with E-state index < -0.39 is 0 Å². The normalized spacial score (nSPS) is 16.6. The van der Waals surface area contributed by atoms with Crippen LogP contribution in [0, 0.1) is 0 Å². The van der Waals surface area contributed by atoms with Gasteiger partial charge in [-0.15, -0.1) is 0 Å². The van der Waals surface area contributed by atoms with E-state index in [4.69, 9.17) is 14.2 Å². The summed E-state index contributed by atoms with van der Waals surface area (Å²) < 4.78 is 17.0. The van der Waals surface area contributed by atoms with Gasteiger partial charge in [0, 0.05) is 48.8 Å². The summed E-state index contributed by atoms with van der Waals surface area (Å²) in [6.07, 6.45) is 1.67. The molecule has 1 fully saturated rings. The highest BCUT2D eigenvalue weighted by molar-refractivity contribution is 7.99. The van der Waals surface area contributed by atoms with Crippen LogP contribution in [0.5, 0.6) is 17.2 Å². The van der Waals surface area contributed by atoms with Gasteiger partial charge in [0.1, 0.15) is 12.4 Å². The van der Waals surface area contributed by atoms with Crippen LogP contribution in [0.2, 0.25) is 0 Å². The van der Waals surface area contributed by atoms with Crippen LogP contribution in [0.3, 0.4) is 0 Å². The van der Waals surface area contributed by atoms with Crippen LogP contribution >= 0.6 is 11.8 Å². The predicted octanol–water partition coefficient (Wildman–Crippen LogP) is 4.16. The Bertz CT molecular complexity index is 990. The van der Waals surface area contributed by atoms with Crippen molar-refractivity contribution < 1.29 is 19.0 Å². The first-order valence-corrected chi connectivity index (χ1v) is 13.1. The first-order chi connectivity index (χ1) is 16.7. The van der Waals surface area contributed by atoms with Crippen LogP contribution in [0.1, 0.15) is 35.7 Å². The Morgan fingerprint density at radius 3 is 2.56 bits per heavy atom. The molecular formula is C26H33N3O4S. The molecule has 0 radical (unpaired) electrons. The minimum Gasteiger partial charge on any atom is -0.493 e. The molecule has 0 spiro atoms. The molecule has 182 valence electrons. The van der Waals surface area contributed by atoms with Crippen molar-refractivity contribution in [2.75, 3.05) is 58.0 Å². The van der Waals surface area contributed by atoms with Crippen molar-refractivity contribution >= 4 is 23.4 Å². The minimum atomic E-state index is -0.104. The zero-order valence-corrected chi connectivity index (χ0v) is 20.8. The summed E-state index contributed by atoms with van der Waals surface area (Å²) in [6, 6.07) is 13.1. The van der Waals surface area contributed by atoms with Crippen molar-refractivity contribution in [2.45, 2.75) is 19.8 Å². The largest absolute Gasteiger partial charge is 0.493 e. The van der Waals surface area contributed by atoms with E-state index in [-0.39, 0.29) is 5.91 Å². The third-order valence-corrected chi connectivity index (χ3v) is 6.88. The molecule has 0 unspecified atom stereocenters. The average molecular weight is 484 g/mol. The van der Waals surface area contributed by atoms with Crippen LogP contribution in [0.25, 0.3) is 0 Å².